The fourth-order valence-electron chi connectivity index (χ4n) is 2.26. The van der Waals surface area contributed by atoms with Crippen LogP contribution in [0.25, 0.3) is 16.7 Å². The summed E-state index contributed by atoms with van der Waals surface area (Å²) in [5.74, 6) is -0.748. The normalized spacial score (nSPS) is 11.2. The SMILES string of the molecule is Fc1ccc(-n2c(CCCl)nc3ccc(Cl)cc32)cc1F. The van der Waals surface area contributed by atoms with Crippen molar-refractivity contribution in [2.24, 2.45) is 0 Å². The van der Waals surface area contributed by atoms with Crippen LogP contribution in [0.2, 0.25) is 5.02 Å². The van der Waals surface area contributed by atoms with E-state index in [1.807, 2.05) is 0 Å². The number of aryl methyl sites for hydroxylation is 1. The molecule has 0 amide bonds. The van der Waals surface area contributed by atoms with E-state index in [4.69, 9.17) is 23.2 Å². The second-order valence-corrected chi connectivity index (χ2v) is 5.35. The van der Waals surface area contributed by atoms with Gasteiger partial charge in [-0.15, -0.1) is 11.6 Å². The van der Waals surface area contributed by atoms with Crippen LogP contribution < -0.4 is 0 Å². The van der Waals surface area contributed by atoms with Crippen LogP contribution in [0.4, 0.5) is 8.78 Å². The third kappa shape index (κ3) is 2.61. The molecular formula is C15H10Cl2F2N2. The molecule has 21 heavy (non-hydrogen) atoms. The van der Waals surface area contributed by atoms with Crippen molar-refractivity contribution in [3.63, 3.8) is 0 Å². The van der Waals surface area contributed by atoms with Gasteiger partial charge in [0, 0.05) is 23.4 Å². The maximum atomic E-state index is 13.5. The van der Waals surface area contributed by atoms with Crippen LogP contribution in [0, 0.1) is 11.6 Å². The highest BCUT2D eigenvalue weighted by molar-refractivity contribution is 6.31. The van der Waals surface area contributed by atoms with E-state index in [9.17, 15) is 8.78 Å². The predicted molar refractivity (Wildman–Crippen MR) is 80.4 cm³/mol. The van der Waals surface area contributed by atoms with Crippen LogP contribution in [0.1, 0.15) is 5.82 Å². The van der Waals surface area contributed by atoms with Crippen LogP contribution in [0.15, 0.2) is 36.4 Å². The van der Waals surface area contributed by atoms with Crippen molar-refractivity contribution in [1.82, 2.24) is 9.55 Å². The summed E-state index contributed by atoms with van der Waals surface area (Å²) in [6.07, 6.45) is 0.507. The van der Waals surface area contributed by atoms with Gasteiger partial charge in [-0.2, -0.15) is 0 Å². The highest BCUT2D eigenvalue weighted by atomic mass is 35.5. The summed E-state index contributed by atoms with van der Waals surface area (Å²) in [6, 6.07) is 8.98. The summed E-state index contributed by atoms with van der Waals surface area (Å²) in [7, 11) is 0. The molecule has 0 aliphatic carbocycles. The number of benzene rings is 2. The van der Waals surface area contributed by atoms with Crippen molar-refractivity contribution in [3.8, 4) is 5.69 Å². The van der Waals surface area contributed by atoms with Gasteiger partial charge in [-0.3, -0.25) is 4.57 Å². The summed E-state index contributed by atoms with van der Waals surface area (Å²) >= 11 is 11.8. The van der Waals surface area contributed by atoms with E-state index in [0.717, 1.165) is 23.2 Å². The van der Waals surface area contributed by atoms with Gasteiger partial charge in [0.2, 0.25) is 0 Å². The number of fused-ring (bicyclic) bond motifs is 1. The Morgan fingerprint density at radius 3 is 2.57 bits per heavy atom. The van der Waals surface area contributed by atoms with Crippen LogP contribution in [0.5, 0.6) is 0 Å². The van der Waals surface area contributed by atoms with Crippen LogP contribution >= 0.6 is 23.2 Å². The lowest BCUT2D eigenvalue weighted by atomic mass is 10.2. The summed E-state index contributed by atoms with van der Waals surface area (Å²) in [6.45, 7) is 0. The second-order valence-electron chi connectivity index (χ2n) is 4.53. The molecule has 6 heteroatoms. The molecule has 3 rings (SSSR count). The number of halogens is 4. The monoisotopic (exact) mass is 326 g/mol. The standard InChI is InChI=1S/C15H10Cl2F2N2/c16-6-5-15-20-13-4-1-9(17)7-14(13)21(15)10-2-3-11(18)12(19)8-10/h1-4,7-8H,5-6H2. The summed E-state index contributed by atoms with van der Waals surface area (Å²) < 4.78 is 28.4. The van der Waals surface area contributed by atoms with Gasteiger partial charge in [0.05, 0.1) is 16.7 Å². The Kier molecular flexibility index (Phi) is 3.83. The molecule has 3 aromatic rings. The van der Waals surface area contributed by atoms with Crippen molar-refractivity contribution >= 4 is 34.2 Å². The van der Waals surface area contributed by atoms with E-state index in [1.165, 1.54) is 6.07 Å². The molecule has 0 saturated carbocycles. The largest absolute Gasteiger partial charge is 0.296 e. The number of imidazole rings is 1. The lowest BCUT2D eigenvalue weighted by Crippen LogP contribution is -2.03. The number of hydrogen-bond acceptors (Lipinski definition) is 1. The molecule has 2 aromatic carbocycles. The number of hydrogen-bond donors (Lipinski definition) is 0. The molecule has 0 spiro atoms. The number of aromatic nitrogens is 2. The van der Waals surface area contributed by atoms with Crippen molar-refractivity contribution in [2.45, 2.75) is 6.42 Å². The van der Waals surface area contributed by atoms with Gasteiger partial charge in [0.15, 0.2) is 11.6 Å². The molecule has 0 aliphatic heterocycles. The Morgan fingerprint density at radius 2 is 1.86 bits per heavy atom. The Hall–Kier alpha value is -1.65. The van der Waals surface area contributed by atoms with Gasteiger partial charge in [-0.1, -0.05) is 11.6 Å². The molecule has 108 valence electrons. The minimum atomic E-state index is -0.909. The van der Waals surface area contributed by atoms with Gasteiger partial charge < -0.3 is 0 Å². The van der Waals surface area contributed by atoms with Gasteiger partial charge in [-0.25, -0.2) is 13.8 Å². The lowest BCUT2D eigenvalue weighted by Gasteiger charge is -2.09. The number of alkyl halides is 1. The average molecular weight is 327 g/mol. The molecule has 0 unspecified atom stereocenters. The average Bonchev–Trinajstić information content (AvgIpc) is 2.80. The topological polar surface area (TPSA) is 17.8 Å². The maximum absolute atomic E-state index is 13.5. The van der Waals surface area contributed by atoms with Gasteiger partial charge in [-0.05, 0) is 30.3 Å². The third-order valence-electron chi connectivity index (χ3n) is 3.17. The van der Waals surface area contributed by atoms with E-state index in [1.54, 1.807) is 22.8 Å². The zero-order chi connectivity index (χ0) is 15.0. The minimum absolute atomic E-state index is 0.376. The molecule has 0 aliphatic rings. The highest BCUT2D eigenvalue weighted by Crippen LogP contribution is 2.26. The zero-order valence-electron chi connectivity index (χ0n) is 10.8. The molecule has 0 atom stereocenters. The molecular weight excluding hydrogens is 317 g/mol. The molecule has 0 bridgehead atoms. The van der Waals surface area contributed by atoms with Crippen molar-refractivity contribution in [3.05, 3.63) is 58.9 Å². The lowest BCUT2D eigenvalue weighted by molar-refractivity contribution is 0.508. The van der Waals surface area contributed by atoms with Gasteiger partial charge >= 0.3 is 0 Å². The van der Waals surface area contributed by atoms with Gasteiger partial charge in [0.1, 0.15) is 5.82 Å². The number of rotatable bonds is 3. The third-order valence-corrected chi connectivity index (χ3v) is 3.59. The molecule has 0 radical (unpaired) electrons. The fraction of sp³-hybridized carbons (Fsp3) is 0.133. The first kappa shape index (κ1) is 14.3. The highest BCUT2D eigenvalue weighted by Gasteiger charge is 2.14. The van der Waals surface area contributed by atoms with Gasteiger partial charge in [0.25, 0.3) is 0 Å². The van der Waals surface area contributed by atoms with Crippen molar-refractivity contribution < 1.29 is 8.78 Å². The summed E-state index contributed by atoms with van der Waals surface area (Å²) in [4.78, 5) is 4.48. The van der Waals surface area contributed by atoms with Crippen LogP contribution in [-0.2, 0) is 6.42 Å². The van der Waals surface area contributed by atoms with E-state index in [-0.39, 0.29) is 0 Å². The quantitative estimate of drug-likeness (QED) is 0.636. The summed E-state index contributed by atoms with van der Waals surface area (Å²) in [5.41, 5.74) is 1.94. The first-order valence-electron chi connectivity index (χ1n) is 6.28. The van der Waals surface area contributed by atoms with E-state index >= 15 is 0 Å². The fourth-order valence-corrected chi connectivity index (χ4v) is 2.60. The Morgan fingerprint density at radius 1 is 1.05 bits per heavy atom. The first-order chi connectivity index (χ1) is 10.1. The zero-order valence-corrected chi connectivity index (χ0v) is 12.3. The van der Waals surface area contributed by atoms with Crippen LogP contribution in [-0.4, -0.2) is 15.4 Å². The second kappa shape index (κ2) is 5.62. The smallest absolute Gasteiger partial charge is 0.160 e. The molecule has 1 aromatic heterocycles. The maximum Gasteiger partial charge on any atom is 0.160 e. The van der Waals surface area contributed by atoms with Crippen LogP contribution in [0.3, 0.4) is 0 Å². The Labute approximate surface area is 129 Å². The van der Waals surface area contributed by atoms with E-state index in [0.29, 0.717) is 28.8 Å². The minimum Gasteiger partial charge on any atom is -0.296 e. The first-order valence-corrected chi connectivity index (χ1v) is 7.19. The predicted octanol–water partition coefficient (Wildman–Crippen LogP) is 4.74. The van der Waals surface area contributed by atoms with E-state index < -0.39 is 11.6 Å². The Balaban J connectivity index is 2.29. The Bertz CT molecular complexity index is 815. The molecule has 0 saturated heterocycles. The molecule has 2 nitrogen and oxygen atoms in total. The molecule has 0 fully saturated rings. The number of nitrogens with zero attached hydrogens (tertiary/aromatic N) is 2. The molecule has 0 N–H and O–H groups in total. The summed E-state index contributed by atoms with van der Waals surface area (Å²) in [5, 5.41) is 0.545. The molecule has 1 heterocycles. The van der Waals surface area contributed by atoms with E-state index in [2.05, 4.69) is 4.98 Å². The van der Waals surface area contributed by atoms with Crippen molar-refractivity contribution in [2.75, 3.05) is 5.88 Å². The van der Waals surface area contributed by atoms with Crippen molar-refractivity contribution in [1.29, 1.82) is 0 Å².